The van der Waals surface area contributed by atoms with E-state index in [0.717, 1.165) is 0 Å². The molecule has 0 aliphatic carbocycles. The fourth-order valence-corrected chi connectivity index (χ4v) is 2.03. The number of hydrogen-bond donors (Lipinski definition) is 2. The van der Waals surface area contributed by atoms with Gasteiger partial charge in [0.15, 0.2) is 0 Å². The lowest BCUT2D eigenvalue weighted by molar-refractivity contribution is 0.500. The molecule has 0 aromatic heterocycles. The van der Waals surface area contributed by atoms with Crippen LogP contribution in [0, 0.1) is 0 Å². The minimum absolute atomic E-state index is 0.00710. The molecule has 2 unspecified atom stereocenters. The minimum atomic E-state index is -3.25. The first-order valence-corrected chi connectivity index (χ1v) is 6.32. The van der Waals surface area contributed by atoms with E-state index in [9.17, 15) is 8.42 Å². The Hall–Kier alpha value is -0.130. The molecule has 2 atom stereocenters. The summed E-state index contributed by atoms with van der Waals surface area (Å²) in [7, 11) is -3.25. The maximum Gasteiger partial charge on any atom is 0.216 e. The van der Waals surface area contributed by atoms with Crippen molar-refractivity contribution >= 4 is 10.0 Å². The third kappa shape index (κ3) is 4.39. The second-order valence-corrected chi connectivity index (χ2v) is 7.32. The van der Waals surface area contributed by atoms with Crippen LogP contribution in [0.3, 0.4) is 0 Å². The van der Waals surface area contributed by atoms with Crippen molar-refractivity contribution in [3.63, 3.8) is 0 Å². The molecule has 3 N–H and O–H groups in total. The first-order chi connectivity index (χ1) is 6.06. The second-order valence-electron chi connectivity index (χ2n) is 4.85. The number of nitrogens with one attached hydrogen (secondary N) is 1. The summed E-state index contributed by atoms with van der Waals surface area (Å²) >= 11 is 0. The Labute approximate surface area is 87.3 Å². The Morgan fingerprint density at radius 3 is 2.00 bits per heavy atom. The summed E-state index contributed by atoms with van der Waals surface area (Å²) < 4.78 is 25.2. The van der Waals surface area contributed by atoms with E-state index < -0.39 is 14.8 Å². The van der Waals surface area contributed by atoms with Crippen molar-refractivity contribution in [2.75, 3.05) is 0 Å². The molecule has 0 aromatic rings. The molecule has 0 heterocycles. The summed E-state index contributed by atoms with van der Waals surface area (Å²) in [6, 6.07) is -0.105. The van der Waals surface area contributed by atoms with Crippen LogP contribution in [0.25, 0.3) is 0 Å². The van der Waals surface area contributed by atoms with Gasteiger partial charge in [-0.2, -0.15) is 0 Å². The van der Waals surface area contributed by atoms with Crippen LogP contribution in [-0.2, 0) is 10.0 Å². The fourth-order valence-electron chi connectivity index (χ4n) is 1.05. The van der Waals surface area contributed by atoms with Crippen molar-refractivity contribution in [3.05, 3.63) is 0 Å². The van der Waals surface area contributed by atoms with Crippen LogP contribution in [0.1, 0.15) is 41.0 Å². The number of sulfonamides is 1. The predicted molar refractivity (Wildman–Crippen MR) is 59.5 cm³/mol. The molecule has 0 bridgehead atoms. The Kier molecular flexibility index (Phi) is 4.55. The van der Waals surface area contributed by atoms with Crippen LogP contribution in [0.15, 0.2) is 0 Å². The van der Waals surface area contributed by atoms with E-state index >= 15 is 0 Å². The standard InChI is InChI=1S/C9H22N2O2S/c1-7(10)6-8(2)11-14(12,13)9(3,4)5/h7-8,11H,6,10H2,1-5H3. The Balaban J connectivity index is 4.39. The molecular formula is C9H22N2O2S. The van der Waals surface area contributed by atoms with Crippen molar-refractivity contribution in [1.29, 1.82) is 0 Å². The molecule has 0 amide bonds. The molecule has 0 aliphatic rings. The molecule has 0 saturated carbocycles. The average Bonchev–Trinajstić information content (AvgIpc) is 1.79. The molecule has 14 heavy (non-hydrogen) atoms. The van der Waals surface area contributed by atoms with Crippen LogP contribution in [0.5, 0.6) is 0 Å². The van der Waals surface area contributed by atoms with Gasteiger partial charge in [-0.15, -0.1) is 0 Å². The lowest BCUT2D eigenvalue weighted by atomic mass is 10.1. The number of hydrogen-bond acceptors (Lipinski definition) is 3. The van der Waals surface area contributed by atoms with Gasteiger partial charge >= 0.3 is 0 Å². The molecule has 86 valence electrons. The molecular weight excluding hydrogens is 200 g/mol. The Bertz CT molecular complexity index is 265. The van der Waals surface area contributed by atoms with E-state index in [1.54, 1.807) is 20.8 Å². The SMILES string of the molecule is CC(N)CC(C)NS(=O)(=O)C(C)(C)C. The minimum Gasteiger partial charge on any atom is -0.328 e. The third-order valence-electron chi connectivity index (χ3n) is 1.89. The first kappa shape index (κ1) is 13.9. The van der Waals surface area contributed by atoms with E-state index in [1.165, 1.54) is 0 Å². The average molecular weight is 222 g/mol. The maximum atomic E-state index is 11.7. The van der Waals surface area contributed by atoms with E-state index in [1.807, 2.05) is 13.8 Å². The highest BCUT2D eigenvalue weighted by molar-refractivity contribution is 7.90. The highest BCUT2D eigenvalue weighted by Gasteiger charge is 2.30. The van der Waals surface area contributed by atoms with Crippen molar-refractivity contribution in [2.24, 2.45) is 5.73 Å². The second kappa shape index (κ2) is 4.59. The van der Waals surface area contributed by atoms with Gasteiger partial charge in [-0.05, 0) is 41.0 Å². The molecule has 0 saturated heterocycles. The zero-order valence-corrected chi connectivity index (χ0v) is 10.5. The largest absolute Gasteiger partial charge is 0.328 e. The smallest absolute Gasteiger partial charge is 0.216 e. The number of rotatable bonds is 4. The van der Waals surface area contributed by atoms with E-state index in [-0.39, 0.29) is 12.1 Å². The molecule has 0 aliphatic heterocycles. The third-order valence-corrected chi connectivity index (χ3v) is 4.21. The van der Waals surface area contributed by atoms with Gasteiger partial charge in [0.1, 0.15) is 0 Å². The van der Waals surface area contributed by atoms with Gasteiger partial charge in [0, 0.05) is 12.1 Å². The highest BCUT2D eigenvalue weighted by Crippen LogP contribution is 2.14. The van der Waals surface area contributed by atoms with Crippen LogP contribution < -0.4 is 10.5 Å². The van der Waals surface area contributed by atoms with E-state index in [4.69, 9.17) is 5.73 Å². The molecule has 5 heteroatoms. The van der Waals surface area contributed by atoms with Gasteiger partial charge in [-0.3, -0.25) is 0 Å². The fraction of sp³-hybridized carbons (Fsp3) is 1.00. The summed E-state index contributed by atoms with van der Waals surface area (Å²) in [4.78, 5) is 0. The van der Waals surface area contributed by atoms with Crippen molar-refractivity contribution < 1.29 is 8.42 Å². The molecule has 0 fully saturated rings. The molecule has 0 spiro atoms. The quantitative estimate of drug-likeness (QED) is 0.740. The summed E-state index contributed by atoms with van der Waals surface area (Å²) in [6.45, 7) is 8.71. The Morgan fingerprint density at radius 2 is 1.71 bits per heavy atom. The van der Waals surface area contributed by atoms with Crippen LogP contribution >= 0.6 is 0 Å². The zero-order valence-electron chi connectivity index (χ0n) is 9.66. The summed E-state index contributed by atoms with van der Waals surface area (Å²) in [5.74, 6) is 0. The lowest BCUT2D eigenvalue weighted by Gasteiger charge is -2.23. The molecule has 0 rings (SSSR count). The van der Waals surface area contributed by atoms with Crippen LogP contribution in [-0.4, -0.2) is 25.2 Å². The van der Waals surface area contributed by atoms with Crippen molar-refractivity contribution in [1.82, 2.24) is 4.72 Å². The molecule has 0 aromatic carbocycles. The van der Waals surface area contributed by atoms with Gasteiger partial charge in [-0.1, -0.05) is 0 Å². The highest BCUT2D eigenvalue weighted by atomic mass is 32.2. The summed E-state index contributed by atoms with van der Waals surface area (Å²) in [5.41, 5.74) is 5.59. The number of nitrogens with two attached hydrogens (primary N) is 1. The maximum absolute atomic E-state index is 11.7. The lowest BCUT2D eigenvalue weighted by Crippen LogP contribution is -2.45. The summed E-state index contributed by atoms with van der Waals surface area (Å²) in [6.07, 6.45) is 0.648. The topological polar surface area (TPSA) is 72.2 Å². The van der Waals surface area contributed by atoms with E-state index in [2.05, 4.69) is 4.72 Å². The Morgan fingerprint density at radius 1 is 1.29 bits per heavy atom. The normalized spacial score (nSPS) is 17.9. The zero-order chi connectivity index (χ0) is 11.6. The molecule has 0 radical (unpaired) electrons. The van der Waals surface area contributed by atoms with Crippen LogP contribution in [0.4, 0.5) is 0 Å². The van der Waals surface area contributed by atoms with Gasteiger partial charge in [0.25, 0.3) is 0 Å². The van der Waals surface area contributed by atoms with Crippen molar-refractivity contribution in [3.8, 4) is 0 Å². The first-order valence-electron chi connectivity index (χ1n) is 4.83. The molecule has 4 nitrogen and oxygen atoms in total. The van der Waals surface area contributed by atoms with Gasteiger partial charge in [0.2, 0.25) is 10.0 Å². The predicted octanol–water partition coefficient (Wildman–Crippen LogP) is 0.830. The van der Waals surface area contributed by atoms with Gasteiger partial charge in [0.05, 0.1) is 4.75 Å². The van der Waals surface area contributed by atoms with Crippen LogP contribution in [0.2, 0.25) is 0 Å². The van der Waals surface area contributed by atoms with Gasteiger partial charge in [-0.25, -0.2) is 13.1 Å². The summed E-state index contributed by atoms with van der Waals surface area (Å²) in [5, 5.41) is 0. The van der Waals surface area contributed by atoms with E-state index in [0.29, 0.717) is 6.42 Å². The van der Waals surface area contributed by atoms with Gasteiger partial charge < -0.3 is 5.73 Å². The monoisotopic (exact) mass is 222 g/mol. The van der Waals surface area contributed by atoms with Crippen molar-refractivity contribution in [2.45, 2.75) is 57.9 Å².